The van der Waals surface area contributed by atoms with Gasteiger partial charge in [-0.3, -0.25) is 4.90 Å². The van der Waals surface area contributed by atoms with E-state index >= 15 is 0 Å². The fraction of sp³-hybridized carbons (Fsp3) is 0.318. The summed E-state index contributed by atoms with van der Waals surface area (Å²) in [7, 11) is 0. The molecule has 0 saturated heterocycles. The van der Waals surface area contributed by atoms with E-state index in [2.05, 4.69) is 32.1 Å². The second-order valence-electron chi connectivity index (χ2n) is 7.20. The van der Waals surface area contributed by atoms with E-state index in [9.17, 15) is 0 Å². The number of nitrogens with zero attached hydrogens (tertiary/aromatic N) is 4. The molecule has 0 aliphatic carbocycles. The molecule has 0 unspecified atom stereocenters. The molecule has 0 fully saturated rings. The van der Waals surface area contributed by atoms with Crippen LogP contribution in [0.15, 0.2) is 48.5 Å². The van der Waals surface area contributed by atoms with Crippen LogP contribution < -0.4 is 20.5 Å². The molecule has 0 spiro atoms. The van der Waals surface area contributed by atoms with Gasteiger partial charge in [-0.05, 0) is 37.2 Å². The molecule has 0 amide bonds. The molecular formula is C22H26N6O2. The van der Waals surface area contributed by atoms with Crippen molar-refractivity contribution in [3.63, 3.8) is 0 Å². The number of aromatic nitrogens is 3. The van der Waals surface area contributed by atoms with Gasteiger partial charge in [0, 0.05) is 12.2 Å². The average Bonchev–Trinajstić information content (AvgIpc) is 2.74. The highest BCUT2D eigenvalue weighted by atomic mass is 16.6. The first kappa shape index (κ1) is 19.9. The van der Waals surface area contributed by atoms with E-state index in [1.54, 1.807) is 0 Å². The first-order chi connectivity index (χ1) is 14.6. The Morgan fingerprint density at radius 2 is 1.83 bits per heavy atom. The molecule has 4 rings (SSSR count). The summed E-state index contributed by atoms with van der Waals surface area (Å²) in [5, 5.41) is 3.23. The van der Waals surface area contributed by atoms with E-state index in [-0.39, 0.29) is 12.1 Å². The maximum atomic E-state index is 6.08. The maximum Gasteiger partial charge on any atom is 0.232 e. The Labute approximate surface area is 176 Å². The van der Waals surface area contributed by atoms with Gasteiger partial charge in [0.05, 0.1) is 6.54 Å². The lowest BCUT2D eigenvalue weighted by molar-refractivity contribution is 0.0573. The van der Waals surface area contributed by atoms with Crippen molar-refractivity contribution in [2.75, 3.05) is 30.7 Å². The zero-order valence-electron chi connectivity index (χ0n) is 17.2. The third-order valence-electron chi connectivity index (χ3n) is 4.93. The Bertz CT molecular complexity index is 1010. The van der Waals surface area contributed by atoms with Crippen LogP contribution in [0.2, 0.25) is 0 Å². The van der Waals surface area contributed by atoms with Gasteiger partial charge >= 0.3 is 0 Å². The van der Waals surface area contributed by atoms with Crippen molar-refractivity contribution >= 4 is 17.6 Å². The van der Waals surface area contributed by atoms with Crippen molar-refractivity contribution < 1.29 is 9.47 Å². The first-order valence-electron chi connectivity index (χ1n) is 10.0. The third kappa shape index (κ3) is 4.77. The second kappa shape index (κ2) is 8.96. The molecule has 3 aromatic rings. The van der Waals surface area contributed by atoms with Gasteiger partial charge in [0.1, 0.15) is 18.5 Å². The van der Waals surface area contributed by atoms with Crippen LogP contribution in [-0.4, -0.2) is 45.7 Å². The van der Waals surface area contributed by atoms with Crippen molar-refractivity contribution in [1.82, 2.24) is 19.9 Å². The smallest absolute Gasteiger partial charge is 0.232 e. The van der Waals surface area contributed by atoms with Gasteiger partial charge in [0.25, 0.3) is 0 Å². The van der Waals surface area contributed by atoms with Crippen molar-refractivity contribution in [3.05, 3.63) is 59.9 Å². The van der Waals surface area contributed by atoms with Crippen molar-refractivity contribution in [2.24, 2.45) is 0 Å². The van der Waals surface area contributed by atoms with Crippen LogP contribution in [0.1, 0.15) is 18.3 Å². The number of ether oxygens (including phenoxy) is 2. The highest BCUT2D eigenvalue weighted by Gasteiger charge is 2.23. The predicted octanol–water partition coefficient (Wildman–Crippen LogP) is 3.17. The van der Waals surface area contributed by atoms with E-state index < -0.39 is 0 Å². The lowest BCUT2D eigenvalue weighted by Crippen LogP contribution is -2.41. The van der Waals surface area contributed by atoms with Gasteiger partial charge in [-0.15, -0.1) is 0 Å². The van der Waals surface area contributed by atoms with E-state index in [1.807, 2.05) is 55.5 Å². The van der Waals surface area contributed by atoms with Gasteiger partial charge in [-0.25, -0.2) is 0 Å². The Morgan fingerprint density at radius 3 is 2.63 bits per heavy atom. The molecule has 8 heteroatoms. The predicted molar refractivity (Wildman–Crippen MR) is 116 cm³/mol. The fourth-order valence-electron chi connectivity index (χ4n) is 3.34. The van der Waals surface area contributed by atoms with Crippen LogP contribution in [0.3, 0.4) is 0 Å². The molecule has 0 radical (unpaired) electrons. The molecule has 1 aliphatic rings. The number of benzene rings is 2. The molecule has 0 saturated carbocycles. The number of anilines is 3. The maximum absolute atomic E-state index is 6.08. The summed E-state index contributed by atoms with van der Waals surface area (Å²) in [4.78, 5) is 15.3. The topological polar surface area (TPSA) is 98.4 Å². The number of nitrogens with one attached hydrogen (secondary N) is 1. The van der Waals surface area contributed by atoms with E-state index in [4.69, 9.17) is 15.2 Å². The normalized spacial score (nSPS) is 15.2. The number of rotatable bonds is 7. The lowest BCUT2D eigenvalue weighted by atomic mass is 10.2. The molecule has 0 bridgehead atoms. The van der Waals surface area contributed by atoms with Gasteiger partial charge in [0.2, 0.25) is 11.9 Å². The Hall–Kier alpha value is -3.39. The number of aryl methyl sites for hydroxylation is 1. The van der Waals surface area contributed by atoms with Crippen LogP contribution in [0.4, 0.5) is 17.6 Å². The summed E-state index contributed by atoms with van der Waals surface area (Å²) in [5.41, 5.74) is 7.98. The number of nitrogen functional groups attached to an aromatic ring is 1. The van der Waals surface area contributed by atoms with Crippen molar-refractivity contribution in [2.45, 2.75) is 26.5 Å². The summed E-state index contributed by atoms with van der Waals surface area (Å²) < 4.78 is 11.9. The summed E-state index contributed by atoms with van der Waals surface area (Å²) in [5.74, 6) is 2.80. The zero-order valence-corrected chi connectivity index (χ0v) is 17.2. The SMILES string of the molecule is CCN(Cc1nc(N)nc(Nc2ccccc2C)n1)C[C@H]1COc2ccccc2O1. The highest BCUT2D eigenvalue weighted by Crippen LogP contribution is 2.31. The third-order valence-corrected chi connectivity index (χ3v) is 4.93. The molecule has 1 atom stereocenters. The second-order valence-corrected chi connectivity index (χ2v) is 7.20. The summed E-state index contributed by atoms with van der Waals surface area (Å²) in [6, 6.07) is 15.7. The number of fused-ring (bicyclic) bond motifs is 1. The van der Waals surface area contributed by atoms with Crippen LogP contribution >= 0.6 is 0 Å². The lowest BCUT2D eigenvalue weighted by Gasteiger charge is -2.30. The Balaban J connectivity index is 1.43. The quantitative estimate of drug-likeness (QED) is 0.617. The molecular weight excluding hydrogens is 380 g/mol. The molecule has 156 valence electrons. The molecule has 8 nitrogen and oxygen atoms in total. The van der Waals surface area contributed by atoms with E-state index in [0.717, 1.165) is 29.3 Å². The van der Waals surface area contributed by atoms with Crippen LogP contribution in [-0.2, 0) is 6.54 Å². The highest BCUT2D eigenvalue weighted by molar-refractivity contribution is 5.58. The van der Waals surface area contributed by atoms with Gasteiger partial charge in [0.15, 0.2) is 11.5 Å². The Morgan fingerprint density at radius 1 is 1.07 bits per heavy atom. The zero-order chi connectivity index (χ0) is 20.9. The molecule has 1 aromatic heterocycles. The summed E-state index contributed by atoms with van der Waals surface area (Å²) >= 11 is 0. The molecule has 2 aromatic carbocycles. The van der Waals surface area contributed by atoms with E-state index in [0.29, 0.717) is 31.5 Å². The van der Waals surface area contributed by atoms with Gasteiger partial charge in [-0.2, -0.15) is 15.0 Å². The summed E-state index contributed by atoms with van der Waals surface area (Å²) in [6.45, 7) is 6.66. The monoisotopic (exact) mass is 406 g/mol. The standard InChI is InChI=1S/C22H26N6O2/c1-3-28(12-16-14-29-18-10-6-7-11-19(18)30-16)13-20-25-21(23)27-22(26-20)24-17-9-5-4-8-15(17)2/h4-11,16H,3,12-14H2,1-2H3,(H3,23,24,25,26,27)/t16-/m0/s1. The number of hydrogen-bond donors (Lipinski definition) is 2. The van der Waals surface area contributed by atoms with E-state index in [1.165, 1.54) is 0 Å². The minimum atomic E-state index is -0.0661. The van der Waals surface area contributed by atoms with Crippen molar-refractivity contribution in [1.29, 1.82) is 0 Å². The number of para-hydroxylation sites is 3. The van der Waals surface area contributed by atoms with Crippen molar-refractivity contribution in [3.8, 4) is 11.5 Å². The number of likely N-dealkylation sites (N-methyl/N-ethyl adjacent to an activating group) is 1. The minimum Gasteiger partial charge on any atom is -0.486 e. The van der Waals surface area contributed by atoms with Crippen LogP contribution in [0.5, 0.6) is 11.5 Å². The average molecular weight is 406 g/mol. The number of hydrogen-bond acceptors (Lipinski definition) is 8. The van der Waals surface area contributed by atoms with Gasteiger partial charge < -0.3 is 20.5 Å². The van der Waals surface area contributed by atoms with Crippen LogP contribution in [0, 0.1) is 6.92 Å². The molecule has 2 heterocycles. The molecule has 1 aliphatic heterocycles. The minimum absolute atomic E-state index is 0.0661. The fourth-order valence-corrected chi connectivity index (χ4v) is 3.34. The first-order valence-corrected chi connectivity index (χ1v) is 10.0. The number of nitrogens with two attached hydrogens (primary N) is 1. The largest absolute Gasteiger partial charge is 0.486 e. The van der Waals surface area contributed by atoms with Gasteiger partial charge in [-0.1, -0.05) is 37.3 Å². The van der Waals surface area contributed by atoms with Crippen LogP contribution in [0.25, 0.3) is 0 Å². The molecule has 30 heavy (non-hydrogen) atoms. The molecule has 3 N–H and O–H groups in total. The Kier molecular flexibility index (Phi) is 5.94. The summed E-state index contributed by atoms with van der Waals surface area (Å²) in [6.07, 6.45) is -0.0661.